The van der Waals surface area contributed by atoms with E-state index in [2.05, 4.69) is 46.4 Å². The lowest BCUT2D eigenvalue weighted by Gasteiger charge is -2.17. The minimum Gasteiger partial charge on any atom is -0.481 e. The first-order valence-corrected chi connectivity index (χ1v) is 7.09. The molecule has 1 atom stereocenters. The molecule has 0 fully saturated rings. The number of methoxy groups -OCH3 is 1. The molecular weight excluding hydrogens is 262 g/mol. The molecule has 2 rings (SSSR count). The molecule has 0 amide bonds. The number of hydrogen-bond donors (Lipinski definition) is 1. The Kier molecular flexibility index (Phi) is 5.17. The quantitative estimate of drug-likeness (QED) is 0.885. The van der Waals surface area contributed by atoms with Gasteiger partial charge in [0.1, 0.15) is 0 Å². The number of nitrogens with zero attached hydrogens (tertiary/aromatic N) is 2. The number of hydrogen-bond acceptors (Lipinski definition) is 4. The van der Waals surface area contributed by atoms with E-state index in [-0.39, 0.29) is 0 Å². The van der Waals surface area contributed by atoms with Gasteiger partial charge in [0, 0.05) is 44.6 Å². The van der Waals surface area contributed by atoms with Gasteiger partial charge in [0.05, 0.1) is 7.11 Å². The van der Waals surface area contributed by atoms with Crippen LogP contribution in [0, 0.1) is 0 Å². The standard InChI is InChI=1S/C17H23N3O/c1-13(15-6-8-16(9-7-15)20(2)3)18-11-14-5-10-17(21-4)19-12-14/h5-10,12-13,18H,11H2,1-4H3. The van der Waals surface area contributed by atoms with Crippen LogP contribution in [0.5, 0.6) is 5.88 Å². The molecule has 0 radical (unpaired) electrons. The number of benzene rings is 1. The topological polar surface area (TPSA) is 37.4 Å². The van der Waals surface area contributed by atoms with Crippen molar-refractivity contribution >= 4 is 5.69 Å². The van der Waals surface area contributed by atoms with Crippen LogP contribution < -0.4 is 15.0 Å². The van der Waals surface area contributed by atoms with Crippen molar-refractivity contribution < 1.29 is 4.74 Å². The summed E-state index contributed by atoms with van der Waals surface area (Å²) in [6.07, 6.45) is 1.84. The zero-order valence-electron chi connectivity index (χ0n) is 13.1. The highest BCUT2D eigenvalue weighted by molar-refractivity contribution is 5.46. The Morgan fingerprint density at radius 2 is 1.86 bits per heavy atom. The third kappa shape index (κ3) is 4.20. The normalized spacial score (nSPS) is 12.0. The van der Waals surface area contributed by atoms with Crippen molar-refractivity contribution in [3.05, 3.63) is 53.7 Å². The van der Waals surface area contributed by atoms with E-state index in [1.807, 2.05) is 32.4 Å². The molecule has 4 nitrogen and oxygen atoms in total. The van der Waals surface area contributed by atoms with Crippen LogP contribution >= 0.6 is 0 Å². The highest BCUT2D eigenvalue weighted by atomic mass is 16.5. The molecule has 4 heteroatoms. The second-order valence-electron chi connectivity index (χ2n) is 5.30. The van der Waals surface area contributed by atoms with E-state index in [9.17, 15) is 0 Å². The van der Waals surface area contributed by atoms with Crippen molar-refractivity contribution in [1.29, 1.82) is 0 Å². The van der Waals surface area contributed by atoms with Crippen molar-refractivity contribution in [3.63, 3.8) is 0 Å². The summed E-state index contributed by atoms with van der Waals surface area (Å²) in [7, 11) is 5.72. The number of aromatic nitrogens is 1. The monoisotopic (exact) mass is 285 g/mol. The first-order chi connectivity index (χ1) is 10.1. The van der Waals surface area contributed by atoms with Gasteiger partial charge in [0.15, 0.2) is 0 Å². The van der Waals surface area contributed by atoms with E-state index in [1.54, 1.807) is 7.11 Å². The Labute approximate surface area is 126 Å². The van der Waals surface area contributed by atoms with Gasteiger partial charge in [0.25, 0.3) is 0 Å². The summed E-state index contributed by atoms with van der Waals surface area (Å²) in [6, 6.07) is 12.8. The van der Waals surface area contributed by atoms with Crippen LogP contribution in [-0.4, -0.2) is 26.2 Å². The molecule has 0 aliphatic rings. The molecule has 0 saturated carbocycles. The Morgan fingerprint density at radius 1 is 1.14 bits per heavy atom. The maximum Gasteiger partial charge on any atom is 0.212 e. The van der Waals surface area contributed by atoms with Crippen LogP contribution in [0.4, 0.5) is 5.69 Å². The van der Waals surface area contributed by atoms with E-state index < -0.39 is 0 Å². The molecule has 0 aliphatic carbocycles. The fourth-order valence-corrected chi connectivity index (χ4v) is 2.09. The summed E-state index contributed by atoms with van der Waals surface area (Å²) in [5.41, 5.74) is 3.64. The van der Waals surface area contributed by atoms with Gasteiger partial charge in [-0.3, -0.25) is 0 Å². The summed E-state index contributed by atoms with van der Waals surface area (Å²) >= 11 is 0. The first-order valence-electron chi connectivity index (χ1n) is 7.09. The van der Waals surface area contributed by atoms with Gasteiger partial charge in [-0.25, -0.2) is 4.98 Å². The third-order valence-electron chi connectivity index (χ3n) is 3.53. The molecule has 1 heterocycles. The Balaban J connectivity index is 1.92. The lowest BCUT2D eigenvalue weighted by Crippen LogP contribution is -2.18. The van der Waals surface area contributed by atoms with Crippen molar-refractivity contribution in [2.75, 3.05) is 26.1 Å². The molecule has 2 aromatic rings. The molecule has 112 valence electrons. The van der Waals surface area contributed by atoms with E-state index in [4.69, 9.17) is 4.74 Å². The fourth-order valence-electron chi connectivity index (χ4n) is 2.09. The van der Waals surface area contributed by atoms with E-state index >= 15 is 0 Å². The predicted molar refractivity (Wildman–Crippen MR) is 86.8 cm³/mol. The Bertz CT molecular complexity index is 549. The number of rotatable bonds is 6. The van der Waals surface area contributed by atoms with Crippen LogP contribution in [0.1, 0.15) is 24.1 Å². The number of nitrogens with one attached hydrogen (secondary N) is 1. The van der Waals surface area contributed by atoms with Crippen LogP contribution in [0.15, 0.2) is 42.6 Å². The maximum absolute atomic E-state index is 5.06. The fraction of sp³-hybridized carbons (Fsp3) is 0.353. The molecule has 0 saturated heterocycles. The molecular formula is C17H23N3O. The molecule has 1 N–H and O–H groups in total. The highest BCUT2D eigenvalue weighted by Crippen LogP contribution is 2.18. The van der Waals surface area contributed by atoms with Gasteiger partial charge in [-0.2, -0.15) is 0 Å². The average Bonchev–Trinajstić information content (AvgIpc) is 2.53. The Morgan fingerprint density at radius 3 is 2.38 bits per heavy atom. The number of ether oxygens (including phenoxy) is 1. The van der Waals surface area contributed by atoms with Crippen molar-refractivity contribution in [1.82, 2.24) is 10.3 Å². The summed E-state index contributed by atoms with van der Waals surface area (Å²) in [5.74, 6) is 0.645. The highest BCUT2D eigenvalue weighted by Gasteiger charge is 2.05. The van der Waals surface area contributed by atoms with Gasteiger partial charge in [-0.15, -0.1) is 0 Å². The molecule has 1 aromatic heterocycles. The molecule has 21 heavy (non-hydrogen) atoms. The van der Waals surface area contributed by atoms with Crippen LogP contribution in [-0.2, 0) is 6.54 Å². The van der Waals surface area contributed by atoms with Crippen LogP contribution in [0.25, 0.3) is 0 Å². The zero-order chi connectivity index (χ0) is 15.2. The van der Waals surface area contributed by atoms with E-state index in [1.165, 1.54) is 11.3 Å². The average molecular weight is 285 g/mol. The van der Waals surface area contributed by atoms with Crippen LogP contribution in [0.2, 0.25) is 0 Å². The third-order valence-corrected chi connectivity index (χ3v) is 3.53. The summed E-state index contributed by atoms with van der Waals surface area (Å²) in [6.45, 7) is 2.95. The SMILES string of the molecule is COc1ccc(CNC(C)c2ccc(N(C)C)cc2)cn1. The minimum absolute atomic E-state index is 0.295. The second-order valence-corrected chi connectivity index (χ2v) is 5.30. The lowest BCUT2D eigenvalue weighted by atomic mass is 10.1. The van der Waals surface area contributed by atoms with Gasteiger partial charge >= 0.3 is 0 Å². The lowest BCUT2D eigenvalue weighted by molar-refractivity contribution is 0.397. The van der Waals surface area contributed by atoms with E-state index in [0.29, 0.717) is 11.9 Å². The number of pyridine rings is 1. The summed E-state index contributed by atoms with van der Waals surface area (Å²) in [4.78, 5) is 6.31. The minimum atomic E-state index is 0.295. The number of anilines is 1. The van der Waals surface area contributed by atoms with Gasteiger partial charge in [0.2, 0.25) is 5.88 Å². The first kappa shape index (κ1) is 15.3. The molecule has 0 aliphatic heterocycles. The van der Waals surface area contributed by atoms with Gasteiger partial charge in [-0.05, 0) is 30.2 Å². The largest absolute Gasteiger partial charge is 0.481 e. The van der Waals surface area contributed by atoms with E-state index in [0.717, 1.165) is 12.1 Å². The van der Waals surface area contributed by atoms with Crippen molar-refractivity contribution in [3.8, 4) is 5.88 Å². The molecule has 1 unspecified atom stereocenters. The maximum atomic E-state index is 5.06. The summed E-state index contributed by atoms with van der Waals surface area (Å²) in [5, 5.41) is 3.51. The zero-order valence-corrected chi connectivity index (χ0v) is 13.1. The van der Waals surface area contributed by atoms with Crippen molar-refractivity contribution in [2.45, 2.75) is 19.5 Å². The Hall–Kier alpha value is -2.07. The molecule has 1 aromatic carbocycles. The smallest absolute Gasteiger partial charge is 0.212 e. The van der Waals surface area contributed by atoms with Crippen molar-refractivity contribution in [2.24, 2.45) is 0 Å². The molecule has 0 bridgehead atoms. The van der Waals surface area contributed by atoms with Gasteiger partial charge in [-0.1, -0.05) is 18.2 Å². The van der Waals surface area contributed by atoms with Gasteiger partial charge < -0.3 is 15.0 Å². The second kappa shape index (κ2) is 7.09. The molecule has 0 spiro atoms. The van der Waals surface area contributed by atoms with Crippen LogP contribution in [0.3, 0.4) is 0 Å². The predicted octanol–water partition coefficient (Wildman–Crippen LogP) is 3.01. The summed E-state index contributed by atoms with van der Waals surface area (Å²) < 4.78 is 5.06.